The molecule has 6 nitrogen and oxygen atoms in total. The molecule has 0 atom stereocenters. The van der Waals surface area contributed by atoms with Crippen molar-refractivity contribution in [3.8, 4) is 0 Å². The van der Waals surface area contributed by atoms with Crippen molar-refractivity contribution in [3.63, 3.8) is 0 Å². The molecule has 3 aromatic carbocycles. The number of rotatable bonds is 12. The number of alkyl halides is 6. The molecule has 0 aliphatic rings. The molecule has 0 N–H and O–H groups in total. The van der Waals surface area contributed by atoms with Crippen molar-refractivity contribution in [2.75, 3.05) is 0 Å². The van der Waals surface area contributed by atoms with Crippen LogP contribution in [0.15, 0.2) is 184 Å². The monoisotopic (exact) mass is 1410 g/mol. The van der Waals surface area contributed by atoms with E-state index in [0.29, 0.717) is 0 Å². The van der Waals surface area contributed by atoms with Gasteiger partial charge in [0.2, 0.25) is 0 Å². The third-order valence-corrected chi connectivity index (χ3v) is 12.1. The van der Waals surface area contributed by atoms with Crippen molar-refractivity contribution < 1.29 is 17.6 Å². The average molecular weight is 1420 g/mol. The van der Waals surface area contributed by atoms with Crippen LogP contribution in [0.25, 0.3) is 72.9 Å². The number of aromatic nitrogens is 6. The molecule has 0 saturated carbocycles. The van der Waals surface area contributed by atoms with Gasteiger partial charge in [0.1, 0.15) is 0 Å². The van der Waals surface area contributed by atoms with E-state index in [1.54, 1.807) is 74.4 Å². The van der Waals surface area contributed by atoms with Gasteiger partial charge in [0.25, 0.3) is 0 Å². The predicted octanol–water partition coefficient (Wildman–Crippen LogP) is 20.2. The molecule has 0 aliphatic carbocycles. The molecule has 0 saturated heterocycles. The first-order valence-electron chi connectivity index (χ1n) is 23.4. The minimum absolute atomic E-state index is 0.664. The zero-order valence-electron chi connectivity index (χ0n) is 41.6. The molecule has 6 aromatic heterocycles. The van der Waals surface area contributed by atoms with Crippen molar-refractivity contribution >= 4 is 188 Å². The van der Waals surface area contributed by atoms with Gasteiger partial charge < -0.3 is 0 Å². The summed E-state index contributed by atoms with van der Waals surface area (Å²) in [7, 11) is 0. The molecule has 0 amide bonds. The number of pyridine rings is 6. The quantitative estimate of drug-likeness (QED) is 0.0399. The maximum Gasteiger partial charge on any atom is 0.180 e. The standard InChI is InChI=1S/2C27H21N3.C6F4I2.2CHCl3/c2*1(22-7-13-28-14-8-22)4-25-19-26(5-2-23-9-15-29-16-10-23)21-27(20-25)6-3-24-11-17-30-18-12-24;7-1-2(8)6(12)4(10)3(9)5(1)11;2*2-1(3)4/h2*1-21H;;2*1H/b2*4-1+,5-2+,6-3+;;;. The smallest absolute Gasteiger partial charge is 0.180 e. The third kappa shape index (κ3) is 25.2. The van der Waals surface area contributed by atoms with Gasteiger partial charge in [0.15, 0.2) is 31.9 Å². The van der Waals surface area contributed by atoms with Crippen molar-refractivity contribution in [1.82, 2.24) is 29.9 Å². The van der Waals surface area contributed by atoms with Crippen molar-refractivity contribution in [3.05, 3.63) is 281 Å². The van der Waals surface area contributed by atoms with Gasteiger partial charge in [-0.2, -0.15) is 0 Å². The summed E-state index contributed by atoms with van der Waals surface area (Å²) in [4.78, 5) is 24.4. The first-order chi connectivity index (χ1) is 38.6. The number of hydrogen-bond donors (Lipinski definition) is 0. The zero-order valence-corrected chi connectivity index (χ0v) is 50.5. The Kier molecular flexibility index (Phi) is 29.4. The zero-order chi connectivity index (χ0) is 57.5. The van der Waals surface area contributed by atoms with Gasteiger partial charge in [-0.15, -0.1) is 0 Å². The summed E-state index contributed by atoms with van der Waals surface area (Å²) in [6.07, 6.45) is 47.0. The lowest BCUT2D eigenvalue weighted by Gasteiger charge is -2.03. The van der Waals surface area contributed by atoms with Crippen LogP contribution in [0.2, 0.25) is 0 Å². The van der Waals surface area contributed by atoms with Crippen molar-refractivity contribution in [2.45, 2.75) is 8.59 Å². The minimum Gasteiger partial charge on any atom is -0.265 e. The fraction of sp³-hybridized carbons (Fsp3) is 0.0323. The number of benzene rings is 3. The largest absolute Gasteiger partial charge is 0.265 e. The topological polar surface area (TPSA) is 77.3 Å². The van der Waals surface area contributed by atoms with Crippen LogP contribution in [0, 0.1) is 30.4 Å². The molecule has 0 radical (unpaired) electrons. The summed E-state index contributed by atoms with van der Waals surface area (Å²) in [5.74, 6) is -5.39. The van der Waals surface area contributed by atoms with E-state index in [1.165, 1.54) is 45.2 Å². The fourth-order valence-electron chi connectivity index (χ4n) is 6.56. The lowest BCUT2D eigenvalue weighted by atomic mass is 10.0. The predicted molar refractivity (Wildman–Crippen MR) is 346 cm³/mol. The van der Waals surface area contributed by atoms with E-state index < -0.39 is 39.0 Å². The van der Waals surface area contributed by atoms with Crippen molar-refractivity contribution in [1.29, 1.82) is 0 Å². The van der Waals surface area contributed by atoms with Crippen LogP contribution in [0.4, 0.5) is 17.6 Å². The van der Waals surface area contributed by atoms with E-state index in [4.69, 9.17) is 69.6 Å². The molecular formula is C62H44Cl6F4I2N6. The van der Waals surface area contributed by atoms with Gasteiger partial charge in [0.05, 0.1) is 7.14 Å². The van der Waals surface area contributed by atoms with Crippen LogP contribution in [-0.4, -0.2) is 38.5 Å². The normalized spacial score (nSPS) is 11.2. The van der Waals surface area contributed by atoms with E-state index in [2.05, 4.69) is 139 Å². The SMILES string of the molecule is C(=C\c1cc(/C=C/c2ccncc2)cc(/C=C/c2ccncc2)c1)/c1ccncc1.C(=C\c1cc(/C=C/c2ccncc2)cc(/C=C/c2ccncc2)c1)/c1ccncc1.ClC(Cl)Cl.ClC(Cl)Cl.Fc1c(F)c(I)c(F)c(F)c1I. The van der Waals surface area contributed by atoms with Crippen LogP contribution >= 0.6 is 115 Å². The Morgan fingerprint density at radius 3 is 0.487 bits per heavy atom. The minimum atomic E-state index is -1.35. The van der Waals surface area contributed by atoms with E-state index in [1.807, 2.05) is 72.8 Å². The van der Waals surface area contributed by atoms with Crippen molar-refractivity contribution in [2.24, 2.45) is 0 Å². The second-order valence-corrected chi connectivity index (χ2v) is 22.0. The highest BCUT2D eigenvalue weighted by Crippen LogP contribution is 2.26. The average Bonchev–Trinajstić information content (AvgIpc) is 3.48. The lowest BCUT2D eigenvalue weighted by molar-refractivity contribution is 0.437. The van der Waals surface area contributed by atoms with Gasteiger partial charge >= 0.3 is 0 Å². The highest BCUT2D eigenvalue weighted by atomic mass is 127. The van der Waals surface area contributed by atoms with Gasteiger partial charge in [-0.05, 0) is 221 Å². The Morgan fingerprint density at radius 1 is 0.250 bits per heavy atom. The molecule has 9 rings (SSSR count). The van der Waals surface area contributed by atoms with E-state index in [-0.39, 0.29) is 0 Å². The molecule has 406 valence electrons. The second-order valence-electron chi connectivity index (χ2n) is 15.9. The maximum atomic E-state index is 12.6. The summed E-state index contributed by atoms with van der Waals surface area (Å²) in [5.41, 5.74) is 13.6. The first kappa shape index (κ1) is 64.7. The summed E-state index contributed by atoms with van der Waals surface area (Å²) < 4.78 is 47.7. The summed E-state index contributed by atoms with van der Waals surface area (Å²) in [5, 5.41) is 0. The molecular weight excluding hydrogens is 1370 g/mol. The van der Waals surface area contributed by atoms with E-state index in [9.17, 15) is 17.6 Å². The number of halogens is 12. The molecule has 0 aliphatic heterocycles. The van der Waals surface area contributed by atoms with Crippen LogP contribution in [-0.2, 0) is 0 Å². The van der Waals surface area contributed by atoms with Gasteiger partial charge in [-0.3, -0.25) is 29.9 Å². The summed E-state index contributed by atoms with van der Waals surface area (Å²) >= 11 is 31.2. The van der Waals surface area contributed by atoms with Gasteiger partial charge in [-0.1, -0.05) is 143 Å². The second kappa shape index (κ2) is 36.3. The Labute approximate surface area is 519 Å². The molecule has 0 unspecified atom stereocenters. The van der Waals surface area contributed by atoms with Crippen LogP contribution in [0.5, 0.6) is 0 Å². The number of nitrogens with zero attached hydrogens (tertiary/aromatic N) is 6. The van der Waals surface area contributed by atoms with Gasteiger partial charge in [-0.25, -0.2) is 17.6 Å². The summed E-state index contributed by atoms with van der Waals surface area (Å²) in [6, 6.07) is 37.0. The highest BCUT2D eigenvalue weighted by molar-refractivity contribution is 14.1. The van der Waals surface area contributed by atoms with Gasteiger partial charge in [0, 0.05) is 74.4 Å². The van der Waals surface area contributed by atoms with Crippen LogP contribution in [0.1, 0.15) is 66.8 Å². The molecule has 80 heavy (non-hydrogen) atoms. The first-order valence-corrected chi connectivity index (χ1v) is 28.2. The molecule has 0 bridgehead atoms. The van der Waals surface area contributed by atoms with E-state index >= 15 is 0 Å². The van der Waals surface area contributed by atoms with Crippen LogP contribution in [0.3, 0.4) is 0 Å². The maximum absolute atomic E-state index is 12.6. The number of hydrogen-bond acceptors (Lipinski definition) is 6. The fourth-order valence-corrected chi connectivity index (χ4v) is 7.51. The Morgan fingerprint density at radius 2 is 0.362 bits per heavy atom. The summed E-state index contributed by atoms with van der Waals surface area (Å²) in [6.45, 7) is 0. The lowest BCUT2D eigenvalue weighted by Crippen LogP contribution is -2.02. The Bertz CT molecular complexity index is 2840. The van der Waals surface area contributed by atoms with E-state index in [0.717, 1.165) is 66.8 Å². The molecule has 6 heterocycles. The highest BCUT2D eigenvalue weighted by Gasteiger charge is 2.22. The molecule has 0 spiro atoms. The Hall–Kier alpha value is -6.08. The van der Waals surface area contributed by atoms with Crippen LogP contribution < -0.4 is 0 Å². The Balaban J connectivity index is 0.000000221. The molecule has 9 aromatic rings. The molecule has 0 fully saturated rings. The third-order valence-electron chi connectivity index (χ3n) is 10.2. The molecule has 18 heteroatoms.